The van der Waals surface area contributed by atoms with E-state index in [4.69, 9.17) is 4.74 Å². The first kappa shape index (κ1) is 35.3. The van der Waals surface area contributed by atoms with Crippen molar-refractivity contribution >= 4 is 39.2 Å². The Balaban J connectivity index is 1.36. The lowest BCUT2D eigenvalue weighted by Gasteiger charge is -2.36. The van der Waals surface area contributed by atoms with Crippen molar-refractivity contribution in [3.63, 3.8) is 0 Å². The maximum atomic E-state index is 14.1. The molecule has 3 aromatic rings. The Labute approximate surface area is 302 Å². The molecule has 11 heteroatoms. The largest absolute Gasteiger partial charge is 0.497 e. The summed E-state index contributed by atoms with van der Waals surface area (Å²) in [6.07, 6.45) is 12.6. The summed E-state index contributed by atoms with van der Waals surface area (Å²) >= 11 is 0. The quantitative estimate of drug-likeness (QED) is 0.252. The number of nitrogens with one attached hydrogen (secondary N) is 1. The van der Waals surface area contributed by atoms with E-state index < -0.39 is 21.2 Å². The van der Waals surface area contributed by atoms with Crippen LogP contribution in [-0.4, -0.2) is 66.4 Å². The zero-order chi connectivity index (χ0) is 36.0. The molecule has 2 fully saturated rings. The summed E-state index contributed by atoms with van der Waals surface area (Å²) in [6, 6.07) is 12.0. The average Bonchev–Trinajstić information content (AvgIpc) is 3.85. The molecule has 2 aliphatic carbocycles. The average molecular weight is 714 g/mol. The fourth-order valence-corrected chi connectivity index (χ4v) is 10.8. The van der Waals surface area contributed by atoms with Crippen molar-refractivity contribution < 1.29 is 22.7 Å². The predicted molar refractivity (Wildman–Crippen MR) is 200 cm³/mol. The summed E-state index contributed by atoms with van der Waals surface area (Å²) in [5, 5.41) is 4.08. The van der Waals surface area contributed by atoms with E-state index in [9.17, 15) is 18.0 Å². The first-order valence-corrected chi connectivity index (χ1v) is 20.2. The number of amides is 2. The minimum atomic E-state index is -3.78. The maximum Gasteiger partial charge on any atom is 0.264 e. The molecule has 2 atom stereocenters. The lowest BCUT2D eigenvalue weighted by Crippen LogP contribution is -2.37. The number of ether oxygens (including phenoxy) is 1. The minimum absolute atomic E-state index is 0.0248. The number of rotatable bonds is 9. The Bertz CT molecular complexity index is 1950. The van der Waals surface area contributed by atoms with Crippen molar-refractivity contribution in [2.45, 2.75) is 102 Å². The van der Waals surface area contributed by atoms with Crippen molar-refractivity contribution in [1.29, 1.82) is 0 Å². The van der Waals surface area contributed by atoms with Gasteiger partial charge in [-0.3, -0.25) is 14.3 Å². The number of benzene rings is 2. The number of hydrogen-bond acceptors (Lipinski definition) is 7. The standard InChI is InChI=1S/C40H51N5O5S/c1-6-44(25(2)3)40(47)34-23-41-43(4)37(34)29-20-28-21-30(50-5)17-19-32(28)38-36(26-12-8-7-9-13-26)33-18-16-27(22-35(33)45(38)24-29)39(46)42-51(48,49)31-14-10-11-15-31/h16-23,25-26,31,36,38H,6-15,24H2,1-5H3,(H,42,46). The number of carbonyl (C=O) groups is 2. The molecule has 2 saturated carbocycles. The second-order valence-corrected chi connectivity index (χ2v) is 17.0. The van der Waals surface area contributed by atoms with Gasteiger partial charge in [0.05, 0.1) is 35.9 Å². The Hall–Kier alpha value is -4.12. The van der Waals surface area contributed by atoms with E-state index in [0.717, 1.165) is 54.0 Å². The van der Waals surface area contributed by atoms with Gasteiger partial charge in [0, 0.05) is 43.3 Å². The van der Waals surface area contributed by atoms with E-state index in [0.29, 0.717) is 43.0 Å². The van der Waals surface area contributed by atoms with Crippen LogP contribution in [0.15, 0.2) is 42.6 Å². The highest BCUT2D eigenvalue weighted by Gasteiger charge is 2.46. The number of aromatic nitrogens is 2. The molecule has 4 aliphatic rings. The Morgan fingerprint density at radius 2 is 1.71 bits per heavy atom. The molecule has 51 heavy (non-hydrogen) atoms. The Kier molecular flexibility index (Phi) is 9.78. The van der Waals surface area contributed by atoms with Crippen molar-refractivity contribution in [3.05, 3.63) is 76.1 Å². The molecule has 3 heterocycles. The van der Waals surface area contributed by atoms with Crippen LogP contribution in [0.3, 0.4) is 0 Å². The van der Waals surface area contributed by atoms with Gasteiger partial charge in [-0.25, -0.2) is 13.1 Å². The molecule has 2 amide bonds. The van der Waals surface area contributed by atoms with Crippen LogP contribution in [0.2, 0.25) is 0 Å². The van der Waals surface area contributed by atoms with Crippen LogP contribution in [0.4, 0.5) is 5.69 Å². The van der Waals surface area contributed by atoms with E-state index in [1.807, 2.05) is 44.9 Å². The molecule has 0 bridgehead atoms. The summed E-state index contributed by atoms with van der Waals surface area (Å²) < 4.78 is 36.3. The molecule has 1 N–H and O–H groups in total. The summed E-state index contributed by atoms with van der Waals surface area (Å²) in [5.41, 5.74) is 6.89. The van der Waals surface area contributed by atoms with Gasteiger partial charge in [-0.15, -0.1) is 0 Å². The molecular formula is C40H51N5O5S. The molecule has 1 aromatic heterocycles. The maximum absolute atomic E-state index is 14.1. The lowest BCUT2D eigenvalue weighted by atomic mass is 9.73. The number of nitrogens with zero attached hydrogens (tertiary/aromatic N) is 4. The van der Waals surface area contributed by atoms with E-state index in [1.54, 1.807) is 24.1 Å². The number of sulfonamides is 1. The predicted octanol–water partition coefficient (Wildman–Crippen LogP) is 7.08. The van der Waals surface area contributed by atoms with Gasteiger partial charge in [-0.2, -0.15) is 5.10 Å². The van der Waals surface area contributed by atoms with Crippen molar-refractivity contribution in [2.24, 2.45) is 13.0 Å². The topological polar surface area (TPSA) is 114 Å². The lowest BCUT2D eigenvalue weighted by molar-refractivity contribution is 0.0716. The van der Waals surface area contributed by atoms with Gasteiger partial charge in [0.15, 0.2) is 0 Å². The van der Waals surface area contributed by atoms with Gasteiger partial charge >= 0.3 is 0 Å². The molecule has 0 spiro atoms. The van der Waals surface area contributed by atoms with Crippen LogP contribution in [0.25, 0.3) is 11.6 Å². The highest BCUT2D eigenvalue weighted by atomic mass is 32.2. The van der Waals surface area contributed by atoms with Gasteiger partial charge in [0.2, 0.25) is 10.0 Å². The van der Waals surface area contributed by atoms with Gasteiger partial charge in [0.1, 0.15) is 5.75 Å². The molecular weight excluding hydrogens is 663 g/mol. The highest BCUT2D eigenvalue weighted by Crippen LogP contribution is 2.57. The normalized spacial score (nSPS) is 20.7. The van der Waals surface area contributed by atoms with Crippen LogP contribution in [0, 0.1) is 5.92 Å². The number of aryl methyl sites for hydroxylation is 1. The van der Waals surface area contributed by atoms with Crippen LogP contribution >= 0.6 is 0 Å². The van der Waals surface area contributed by atoms with Crippen molar-refractivity contribution in [2.75, 3.05) is 25.1 Å². The van der Waals surface area contributed by atoms with Crippen LogP contribution in [0.1, 0.15) is 134 Å². The molecule has 2 aliphatic heterocycles. The third-order valence-corrected chi connectivity index (χ3v) is 13.6. The van der Waals surface area contributed by atoms with Crippen molar-refractivity contribution in [3.8, 4) is 5.75 Å². The first-order valence-electron chi connectivity index (χ1n) is 18.7. The zero-order valence-electron chi connectivity index (χ0n) is 30.5. The van der Waals surface area contributed by atoms with Crippen LogP contribution in [-0.2, 0) is 17.1 Å². The Morgan fingerprint density at radius 1 is 1.00 bits per heavy atom. The van der Waals surface area contributed by atoms with E-state index >= 15 is 0 Å². The van der Waals surface area contributed by atoms with E-state index in [1.165, 1.54) is 30.4 Å². The molecule has 2 aromatic carbocycles. The first-order chi connectivity index (χ1) is 24.5. The molecule has 272 valence electrons. The van der Waals surface area contributed by atoms with Gasteiger partial charge in [-0.1, -0.05) is 44.2 Å². The summed E-state index contributed by atoms with van der Waals surface area (Å²) in [5.74, 6) is 0.717. The molecule has 0 saturated heterocycles. The molecule has 0 radical (unpaired) electrons. The summed E-state index contributed by atoms with van der Waals surface area (Å²) in [6.45, 7) is 7.08. The minimum Gasteiger partial charge on any atom is -0.497 e. The summed E-state index contributed by atoms with van der Waals surface area (Å²) in [7, 11) is -0.223. The van der Waals surface area contributed by atoms with E-state index in [-0.39, 0.29) is 23.9 Å². The number of methoxy groups -OCH3 is 1. The van der Waals surface area contributed by atoms with Crippen LogP contribution < -0.4 is 14.4 Å². The molecule has 7 rings (SSSR count). The number of anilines is 1. The number of carbonyl (C=O) groups excluding carboxylic acids is 2. The zero-order valence-corrected chi connectivity index (χ0v) is 31.3. The third kappa shape index (κ3) is 6.47. The van der Waals surface area contributed by atoms with Crippen molar-refractivity contribution in [1.82, 2.24) is 19.4 Å². The third-order valence-electron chi connectivity index (χ3n) is 11.8. The smallest absolute Gasteiger partial charge is 0.264 e. The van der Waals surface area contributed by atoms with E-state index in [2.05, 4.69) is 39.0 Å². The van der Waals surface area contributed by atoms with Crippen LogP contribution in [0.5, 0.6) is 5.75 Å². The van der Waals surface area contributed by atoms with Gasteiger partial charge in [-0.05, 0) is 105 Å². The highest BCUT2D eigenvalue weighted by molar-refractivity contribution is 7.90. The van der Waals surface area contributed by atoms with Gasteiger partial charge in [0.25, 0.3) is 11.8 Å². The number of hydrogen-bond donors (Lipinski definition) is 1. The second kappa shape index (κ2) is 14.1. The fraction of sp³-hybridized carbons (Fsp3) is 0.525. The van der Waals surface area contributed by atoms with Gasteiger partial charge < -0.3 is 14.5 Å². The number of fused-ring (bicyclic) bond motifs is 5. The molecule has 10 nitrogen and oxygen atoms in total. The second-order valence-electron chi connectivity index (χ2n) is 15.0. The molecule has 2 unspecified atom stereocenters. The monoisotopic (exact) mass is 713 g/mol. The SMILES string of the molecule is CCN(C(=O)c1cnn(C)c1C1=Cc2cc(OC)ccc2C2C(C3CCCCC3)c3ccc(C(=O)NS(=O)(=O)C4CCCC4)cc3N2C1)C(C)C. The summed E-state index contributed by atoms with van der Waals surface area (Å²) in [4.78, 5) is 32.0. The Morgan fingerprint density at radius 3 is 2.39 bits per heavy atom. The fourth-order valence-electron chi connectivity index (χ4n) is 9.26.